The molecule has 100 valence electrons. The Bertz CT molecular complexity index is 801. The number of nitrogens with zero attached hydrogens (tertiary/aromatic N) is 2. The van der Waals surface area contributed by atoms with Crippen LogP contribution in [0, 0.1) is 0 Å². The van der Waals surface area contributed by atoms with Crippen molar-refractivity contribution in [2.45, 2.75) is 6.54 Å². The van der Waals surface area contributed by atoms with Crippen LogP contribution in [0.5, 0.6) is 0 Å². The maximum atomic E-state index is 11.2. The third kappa shape index (κ3) is 2.98. The minimum atomic E-state index is -1.30. The van der Waals surface area contributed by atoms with Crippen LogP contribution in [0.15, 0.2) is 48.5 Å². The molecule has 0 aliphatic heterocycles. The van der Waals surface area contributed by atoms with Gasteiger partial charge in [-0.3, -0.25) is 0 Å². The van der Waals surface area contributed by atoms with Crippen molar-refractivity contribution in [3.05, 3.63) is 64.9 Å². The van der Waals surface area contributed by atoms with Gasteiger partial charge in [0, 0.05) is 5.02 Å². The Morgan fingerprint density at radius 2 is 1.81 bits per heavy atom. The monoisotopic (exact) mass is 292 g/mol. The van der Waals surface area contributed by atoms with E-state index in [2.05, 4.69) is 4.98 Å². The number of aromatic nitrogens is 2. The van der Waals surface area contributed by atoms with E-state index in [1.54, 1.807) is 16.7 Å². The largest absolute Gasteiger partial charge is 1.00 e. The SMILES string of the molecule is O=C([O-])c1nc2ccccc2n1Cc1ccccc1Cl.[Li+]. The van der Waals surface area contributed by atoms with Crippen LogP contribution in [0.25, 0.3) is 11.0 Å². The summed E-state index contributed by atoms with van der Waals surface area (Å²) in [7, 11) is 0. The Balaban J connectivity index is 0.00000161. The molecule has 0 N–H and O–H groups in total. The number of carboxylic acids is 1. The summed E-state index contributed by atoms with van der Waals surface area (Å²) in [5.74, 6) is -1.39. The van der Waals surface area contributed by atoms with Crippen molar-refractivity contribution >= 4 is 28.6 Å². The number of para-hydroxylation sites is 2. The molecule has 0 fully saturated rings. The molecule has 3 aromatic rings. The van der Waals surface area contributed by atoms with Crippen LogP contribution in [-0.4, -0.2) is 15.5 Å². The summed E-state index contributed by atoms with van der Waals surface area (Å²) in [6, 6.07) is 14.6. The number of hydrogen-bond acceptors (Lipinski definition) is 3. The molecule has 1 aromatic heterocycles. The first-order valence-electron chi connectivity index (χ1n) is 6.07. The summed E-state index contributed by atoms with van der Waals surface area (Å²) in [5, 5.41) is 11.8. The van der Waals surface area contributed by atoms with Gasteiger partial charge in [-0.2, -0.15) is 0 Å². The smallest absolute Gasteiger partial charge is 0.542 e. The van der Waals surface area contributed by atoms with Gasteiger partial charge in [-0.25, -0.2) is 4.98 Å². The molecule has 0 radical (unpaired) electrons. The first kappa shape index (κ1) is 15.7. The summed E-state index contributed by atoms with van der Waals surface area (Å²) >= 11 is 6.13. The van der Waals surface area contributed by atoms with Gasteiger partial charge in [0.1, 0.15) is 5.97 Å². The number of imidazole rings is 1. The second kappa shape index (κ2) is 6.36. The van der Waals surface area contributed by atoms with Gasteiger partial charge in [-0.15, -0.1) is 0 Å². The number of benzene rings is 2. The minimum Gasteiger partial charge on any atom is -0.542 e. The molecule has 4 nitrogen and oxygen atoms in total. The zero-order valence-corrected chi connectivity index (χ0v) is 12.2. The molecule has 3 rings (SSSR count). The molecule has 0 bridgehead atoms. The average molecular weight is 293 g/mol. The van der Waals surface area contributed by atoms with Gasteiger partial charge in [0.15, 0.2) is 5.82 Å². The minimum absolute atomic E-state index is 0. The third-order valence-electron chi connectivity index (χ3n) is 3.12. The standard InChI is InChI=1S/C15H11ClN2O2.Li/c16-11-6-2-1-5-10(11)9-18-13-8-4-3-7-12(13)17-14(18)15(19)20;/h1-8H,9H2,(H,19,20);/q;+1/p-1. The van der Waals surface area contributed by atoms with Crippen LogP contribution < -0.4 is 24.0 Å². The molecule has 0 aliphatic carbocycles. The van der Waals surface area contributed by atoms with Crippen molar-refractivity contribution < 1.29 is 28.8 Å². The summed E-state index contributed by atoms with van der Waals surface area (Å²) in [6.07, 6.45) is 0. The molecule has 6 heteroatoms. The quantitative estimate of drug-likeness (QED) is 0.588. The van der Waals surface area contributed by atoms with Crippen molar-refractivity contribution in [1.82, 2.24) is 9.55 Å². The van der Waals surface area contributed by atoms with Crippen molar-refractivity contribution in [3.8, 4) is 0 Å². The zero-order chi connectivity index (χ0) is 14.1. The van der Waals surface area contributed by atoms with Crippen LogP contribution in [0.2, 0.25) is 5.02 Å². The molecule has 0 amide bonds. The molecular weight excluding hydrogens is 283 g/mol. The van der Waals surface area contributed by atoms with Gasteiger partial charge in [0.25, 0.3) is 0 Å². The van der Waals surface area contributed by atoms with E-state index in [4.69, 9.17) is 11.6 Å². The van der Waals surface area contributed by atoms with E-state index >= 15 is 0 Å². The van der Waals surface area contributed by atoms with E-state index in [1.165, 1.54) is 0 Å². The van der Waals surface area contributed by atoms with Crippen molar-refractivity contribution in [1.29, 1.82) is 0 Å². The van der Waals surface area contributed by atoms with Gasteiger partial charge in [-0.1, -0.05) is 41.9 Å². The molecule has 0 unspecified atom stereocenters. The number of halogens is 1. The predicted molar refractivity (Wildman–Crippen MR) is 74.6 cm³/mol. The molecule has 0 atom stereocenters. The third-order valence-corrected chi connectivity index (χ3v) is 3.49. The fourth-order valence-corrected chi connectivity index (χ4v) is 2.38. The van der Waals surface area contributed by atoms with Crippen LogP contribution in [0.4, 0.5) is 0 Å². The second-order valence-corrected chi connectivity index (χ2v) is 4.80. The second-order valence-electron chi connectivity index (χ2n) is 4.39. The van der Waals surface area contributed by atoms with E-state index < -0.39 is 5.97 Å². The molecule has 2 aromatic carbocycles. The van der Waals surface area contributed by atoms with E-state index in [0.29, 0.717) is 17.1 Å². The first-order chi connectivity index (χ1) is 9.66. The van der Waals surface area contributed by atoms with Crippen LogP contribution in [0.3, 0.4) is 0 Å². The van der Waals surface area contributed by atoms with E-state index in [-0.39, 0.29) is 24.7 Å². The normalized spacial score (nSPS) is 10.3. The van der Waals surface area contributed by atoms with Crippen molar-refractivity contribution in [3.63, 3.8) is 0 Å². The number of rotatable bonds is 3. The number of aromatic carboxylic acids is 1. The van der Waals surface area contributed by atoms with Gasteiger partial charge >= 0.3 is 18.9 Å². The number of carboxylic acid groups (broad SMARTS) is 1. The van der Waals surface area contributed by atoms with E-state index in [0.717, 1.165) is 11.1 Å². The zero-order valence-electron chi connectivity index (χ0n) is 11.4. The van der Waals surface area contributed by atoms with Crippen molar-refractivity contribution in [2.24, 2.45) is 0 Å². The number of fused-ring (bicyclic) bond motifs is 1. The van der Waals surface area contributed by atoms with E-state index in [9.17, 15) is 9.90 Å². The van der Waals surface area contributed by atoms with Gasteiger partial charge < -0.3 is 14.5 Å². The summed E-state index contributed by atoms with van der Waals surface area (Å²) in [6.45, 7) is 0.337. The Morgan fingerprint density at radius 3 is 2.52 bits per heavy atom. The fraction of sp³-hybridized carbons (Fsp3) is 0.0667. The molecule has 0 aliphatic rings. The number of carbonyl (C=O) groups excluding carboxylic acids is 1. The fourth-order valence-electron chi connectivity index (χ4n) is 2.19. The predicted octanol–water partition coefficient (Wildman–Crippen LogP) is -0.895. The molecule has 0 saturated heterocycles. The average Bonchev–Trinajstić information content (AvgIpc) is 2.81. The van der Waals surface area contributed by atoms with Gasteiger partial charge in [-0.05, 0) is 23.8 Å². The van der Waals surface area contributed by atoms with E-state index in [1.807, 2.05) is 36.4 Å². The summed E-state index contributed by atoms with van der Waals surface area (Å²) in [4.78, 5) is 15.3. The molecule has 0 spiro atoms. The number of hydrogen-bond donors (Lipinski definition) is 0. The Hall–Kier alpha value is -1.73. The first-order valence-corrected chi connectivity index (χ1v) is 6.44. The molecule has 21 heavy (non-hydrogen) atoms. The molecular formula is C15H10ClLiN2O2. The molecule has 1 heterocycles. The van der Waals surface area contributed by atoms with Crippen LogP contribution >= 0.6 is 11.6 Å². The van der Waals surface area contributed by atoms with Crippen LogP contribution in [0.1, 0.15) is 16.2 Å². The Kier molecular flexibility index (Phi) is 4.74. The van der Waals surface area contributed by atoms with Gasteiger partial charge in [0.2, 0.25) is 0 Å². The maximum Gasteiger partial charge on any atom is 1.00 e. The number of carbonyl (C=O) groups is 1. The molecule has 0 saturated carbocycles. The summed E-state index contributed by atoms with van der Waals surface area (Å²) in [5.41, 5.74) is 2.20. The summed E-state index contributed by atoms with van der Waals surface area (Å²) < 4.78 is 1.60. The van der Waals surface area contributed by atoms with Crippen molar-refractivity contribution in [2.75, 3.05) is 0 Å². The topological polar surface area (TPSA) is 57.9 Å². The maximum absolute atomic E-state index is 11.2. The Morgan fingerprint density at radius 1 is 1.14 bits per heavy atom. The van der Waals surface area contributed by atoms with Gasteiger partial charge in [0.05, 0.1) is 17.6 Å². The Labute approximate surface area is 138 Å². The van der Waals surface area contributed by atoms with Crippen LogP contribution in [-0.2, 0) is 6.54 Å².